The molecule has 1 aromatic carbocycles. The number of aromatic carboxylic acids is 1. The van der Waals surface area contributed by atoms with Gasteiger partial charge in [-0.1, -0.05) is 12.1 Å². The van der Waals surface area contributed by atoms with E-state index < -0.39 is 5.97 Å². The third kappa shape index (κ3) is 2.83. The van der Waals surface area contributed by atoms with Crippen LogP contribution in [0.2, 0.25) is 0 Å². The van der Waals surface area contributed by atoms with Gasteiger partial charge in [0.05, 0.1) is 17.3 Å². The summed E-state index contributed by atoms with van der Waals surface area (Å²) in [5.74, 6) is -0.970. The fourth-order valence-corrected chi connectivity index (χ4v) is 3.15. The molecule has 2 heterocycles. The largest absolute Gasteiger partial charge is 0.478 e. The second-order valence-corrected chi connectivity index (χ2v) is 6.77. The Balaban J connectivity index is 1.88. The minimum atomic E-state index is -0.970. The van der Waals surface area contributed by atoms with Crippen molar-refractivity contribution in [1.29, 1.82) is 0 Å². The van der Waals surface area contributed by atoms with Crippen LogP contribution in [0.25, 0.3) is 22.3 Å². The molecule has 0 atom stereocenters. The predicted octanol–water partition coefficient (Wildman–Crippen LogP) is 3.26. The zero-order valence-corrected chi connectivity index (χ0v) is 14.6. The van der Waals surface area contributed by atoms with Crippen LogP contribution in [0.5, 0.6) is 0 Å². The van der Waals surface area contributed by atoms with Crippen LogP contribution in [0.15, 0.2) is 47.5 Å². The van der Waals surface area contributed by atoms with E-state index in [2.05, 4.69) is 5.10 Å². The normalized spacial score (nSPS) is 13.8. The third-order valence-electron chi connectivity index (χ3n) is 4.80. The van der Waals surface area contributed by atoms with Crippen LogP contribution in [0.1, 0.15) is 34.9 Å². The van der Waals surface area contributed by atoms with Crippen LogP contribution >= 0.6 is 0 Å². The van der Waals surface area contributed by atoms with Crippen LogP contribution in [-0.4, -0.2) is 25.4 Å². The van der Waals surface area contributed by atoms with Crippen molar-refractivity contribution in [3.05, 3.63) is 64.3 Å². The Morgan fingerprint density at radius 3 is 2.42 bits per heavy atom. The van der Waals surface area contributed by atoms with Crippen molar-refractivity contribution < 1.29 is 9.90 Å². The number of carbonyl (C=O) groups is 1. The molecule has 0 unspecified atom stereocenters. The fourth-order valence-electron chi connectivity index (χ4n) is 3.15. The molecule has 3 aromatic rings. The summed E-state index contributed by atoms with van der Waals surface area (Å²) in [6, 6.07) is 8.66. The van der Waals surface area contributed by atoms with E-state index in [0.29, 0.717) is 6.04 Å². The monoisotopic (exact) mass is 349 g/mol. The molecule has 1 aliphatic carbocycles. The highest BCUT2D eigenvalue weighted by Crippen LogP contribution is 2.38. The van der Waals surface area contributed by atoms with E-state index in [9.17, 15) is 9.59 Å². The Bertz CT molecular complexity index is 1060. The highest BCUT2D eigenvalue weighted by molar-refractivity contribution is 5.89. The molecule has 0 saturated heterocycles. The van der Waals surface area contributed by atoms with Crippen molar-refractivity contribution in [1.82, 2.24) is 14.3 Å². The molecule has 6 heteroatoms. The minimum Gasteiger partial charge on any atom is -0.478 e. The van der Waals surface area contributed by atoms with Crippen LogP contribution < -0.4 is 5.56 Å². The van der Waals surface area contributed by atoms with Crippen LogP contribution in [0, 0.1) is 6.92 Å². The van der Waals surface area contributed by atoms with Gasteiger partial charge in [0.1, 0.15) is 0 Å². The lowest BCUT2D eigenvalue weighted by Gasteiger charge is -2.11. The fraction of sp³-hybridized carbons (Fsp3) is 0.250. The molecule has 0 amide bonds. The van der Waals surface area contributed by atoms with Gasteiger partial charge in [0.25, 0.3) is 5.56 Å². The number of hydrogen-bond acceptors (Lipinski definition) is 3. The molecule has 26 heavy (non-hydrogen) atoms. The Labute approximate surface area is 150 Å². The number of hydrogen-bond donors (Lipinski definition) is 1. The lowest BCUT2D eigenvalue weighted by atomic mass is 9.96. The van der Waals surface area contributed by atoms with Gasteiger partial charge in [0.15, 0.2) is 0 Å². The number of rotatable bonds is 4. The molecule has 4 rings (SSSR count). The number of nitrogens with zero attached hydrogens (tertiary/aromatic N) is 3. The van der Waals surface area contributed by atoms with Crippen LogP contribution in [0.3, 0.4) is 0 Å². The summed E-state index contributed by atoms with van der Waals surface area (Å²) in [6.45, 7) is 1.97. The molecule has 132 valence electrons. The standard InChI is InChI=1S/C20H19N3O3/c1-12-17(11-23(21-12)15-7-8-15)18-10-22(2)19(24)9-16(18)13-3-5-14(6-4-13)20(25)26/h3-6,9-11,15H,7-8H2,1-2H3,(H,25,26). The summed E-state index contributed by atoms with van der Waals surface area (Å²) in [4.78, 5) is 23.3. The van der Waals surface area contributed by atoms with E-state index >= 15 is 0 Å². The maximum absolute atomic E-state index is 12.2. The molecule has 2 aromatic heterocycles. The molecule has 1 aliphatic rings. The maximum Gasteiger partial charge on any atom is 0.335 e. The first-order valence-corrected chi connectivity index (χ1v) is 8.54. The van der Waals surface area contributed by atoms with Crippen molar-refractivity contribution in [2.45, 2.75) is 25.8 Å². The molecular formula is C20H19N3O3. The maximum atomic E-state index is 12.2. The highest BCUT2D eigenvalue weighted by Gasteiger charge is 2.26. The molecule has 0 aliphatic heterocycles. The van der Waals surface area contributed by atoms with Crippen LogP contribution in [-0.2, 0) is 7.05 Å². The second kappa shape index (κ2) is 5.98. The number of benzene rings is 1. The summed E-state index contributed by atoms with van der Waals surface area (Å²) < 4.78 is 3.56. The van der Waals surface area contributed by atoms with E-state index in [0.717, 1.165) is 40.8 Å². The quantitative estimate of drug-likeness (QED) is 0.784. The van der Waals surface area contributed by atoms with Gasteiger partial charge < -0.3 is 9.67 Å². The molecular weight excluding hydrogens is 330 g/mol. The van der Waals surface area contributed by atoms with E-state index in [1.54, 1.807) is 41.9 Å². The average molecular weight is 349 g/mol. The number of pyridine rings is 1. The Morgan fingerprint density at radius 2 is 1.81 bits per heavy atom. The molecule has 1 saturated carbocycles. The van der Waals surface area contributed by atoms with E-state index in [4.69, 9.17) is 5.11 Å². The van der Waals surface area contributed by atoms with Gasteiger partial charge in [-0.3, -0.25) is 9.48 Å². The van der Waals surface area contributed by atoms with Crippen LogP contribution in [0.4, 0.5) is 0 Å². The van der Waals surface area contributed by atoms with Crippen molar-refractivity contribution in [3.8, 4) is 22.3 Å². The summed E-state index contributed by atoms with van der Waals surface area (Å²) in [6.07, 6.45) is 6.17. The van der Waals surface area contributed by atoms with Gasteiger partial charge >= 0.3 is 5.97 Å². The van der Waals surface area contributed by atoms with Gasteiger partial charge in [-0.05, 0) is 43.0 Å². The van der Waals surface area contributed by atoms with Gasteiger partial charge in [-0.25, -0.2) is 4.79 Å². The second-order valence-electron chi connectivity index (χ2n) is 6.77. The van der Waals surface area contributed by atoms with Gasteiger partial charge in [0.2, 0.25) is 0 Å². The Kier molecular flexibility index (Phi) is 3.76. The van der Waals surface area contributed by atoms with Crippen molar-refractivity contribution >= 4 is 5.97 Å². The SMILES string of the molecule is Cc1nn(C2CC2)cc1-c1cn(C)c(=O)cc1-c1ccc(C(=O)O)cc1. The van der Waals surface area contributed by atoms with E-state index in [1.165, 1.54) is 0 Å². The molecule has 1 N–H and O–H groups in total. The van der Waals surface area contributed by atoms with Crippen molar-refractivity contribution in [2.24, 2.45) is 7.05 Å². The Hall–Kier alpha value is -3.15. The third-order valence-corrected chi connectivity index (χ3v) is 4.80. The van der Waals surface area contributed by atoms with Crippen molar-refractivity contribution in [2.75, 3.05) is 0 Å². The summed E-state index contributed by atoms with van der Waals surface area (Å²) >= 11 is 0. The van der Waals surface area contributed by atoms with Crippen molar-refractivity contribution in [3.63, 3.8) is 0 Å². The minimum absolute atomic E-state index is 0.113. The lowest BCUT2D eigenvalue weighted by molar-refractivity contribution is 0.0697. The lowest BCUT2D eigenvalue weighted by Crippen LogP contribution is -2.15. The molecule has 6 nitrogen and oxygen atoms in total. The summed E-state index contributed by atoms with van der Waals surface area (Å²) in [5.41, 5.74) is 4.52. The zero-order chi connectivity index (χ0) is 18.4. The van der Waals surface area contributed by atoms with Gasteiger partial charge in [-0.15, -0.1) is 0 Å². The number of carboxylic acids is 1. The van der Waals surface area contributed by atoms with Gasteiger partial charge in [0, 0.05) is 36.6 Å². The Morgan fingerprint density at radius 1 is 1.12 bits per heavy atom. The highest BCUT2D eigenvalue weighted by atomic mass is 16.4. The summed E-state index contributed by atoms with van der Waals surface area (Å²) in [7, 11) is 1.73. The topological polar surface area (TPSA) is 77.1 Å². The first-order valence-electron chi connectivity index (χ1n) is 8.54. The number of aryl methyl sites for hydroxylation is 2. The molecule has 1 fully saturated rings. The molecule has 0 radical (unpaired) electrons. The zero-order valence-electron chi connectivity index (χ0n) is 14.6. The number of carboxylic acid groups (broad SMARTS) is 1. The van der Waals surface area contributed by atoms with Gasteiger partial charge in [-0.2, -0.15) is 5.10 Å². The van der Waals surface area contributed by atoms with E-state index in [1.807, 2.05) is 24.0 Å². The molecule has 0 bridgehead atoms. The first kappa shape index (κ1) is 16.3. The summed E-state index contributed by atoms with van der Waals surface area (Å²) in [5, 5.41) is 13.7. The first-order chi connectivity index (χ1) is 12.4. The predicted molar refractivity (Wildman–Crippen MR) is 98.3 cm³/mol. The molecule has 0 spiro atoms. The number of aromatic nitrogens is 3. The average Bonchev–Trinajstić information content (AvgIpc) is 3.40. The smallest absolute Gasteiger partial charge is 0.335 e. The van der Waals surface area contributed by atoms with E-state index in [-0.39, 0.29) is 11.1 Å².